The standard InChI is InChI=1S/C8H8.C5H5NS2/c1-2-8-6-4-3-5-7-8;7-8-5-3-1-2-4-6-5/h2-7H,1H2;1-4,7H. The van der Waals surface area contributed by atoms with Gasteiger partial charge in [0.2, 0.25) is 0 Å². The lowest BCUT2D eigenvalue weighted by Gasteiger charge is -1.87. The average molecular weight is 247 g/mol. The van der Waals surface area contributed by atoms with Gasteiger partial charge in [0.25, 0.3) is 0 Å². The quantitative estimate of drug-likeness (QED) is 0.626. The summed E-state index contributed by atoms with van der Waals surface area (Å²) in [7, 11) is 1.35. The number of hydrogen-bond donors (Lipinski definition) is 1. The third kappa shape index (κ3) is 5.05. The van der Waals surface area contributed by atoms with Crippen molar-refractivity contribution in [1.82, 2.24) is 4.98 Å². The molecule has 0 aliphatic heterocycles. The highest BCUT2D eigenvalue weighted by atomic mass is 33.1. The molecule has 82 valence electrons. The minimum atomic E-state index is 0.941. The molecule has 0 spiro atoms. The van der Waals surface area contributed by atoms with Gasteiger partial charge in [-0.2, -0.15) is 0 Å². The van der Waals surface area contributed by atoms with Gasteiger partial charge in [-0.15, -0.1) is 11.7 Å². The zero-order valence-corrected chi connectivity index (χ0v) is 10.5. The van der Waals surface area contributed by atoms with Crippen molar-refractivity contribution in [3.63, 3.8) is 0 Å². The summed E-state index contributed by atoms with van der Waals surface area (Å²) in [6.45, 7) is 3.63. The molecule has 0 saturated carbocycles. The van der Waals surface area contributed by atoms with Crippen molar-refractivity contribution in [3.05, 3.63) is 66.9 Å². The fourth-order valence-corrected chi connectivity index (χ4v) is 1.56. The monoisotopic (exact) mass is 247 g/mol. The largest absolute Gasteiger partial charge is 0.249 e. The third-order valence-electron chi connectivity index (χ3n) is 1.77. The third-order valence-corrected chi connectivity index (χ3v) is 2.76. The summed E-state index contributed by atoms with van der Waals surface area (Å²) in [6, 6.07) is 15.8. The molecule has 0 aliphatic carbocycles. The number of aromatic nitrogens is 1. The van der Waals surface area contributed by atoms with Crippen molar-refractivity contribution in [2.75, 3.05) is 0 Å². The van der Waals surface area contributed by atoms with Gasteiger partial charge in [-0.1, -0.05) is 49.1 Å². The smallest absolute Gasteiger partial charge is 0.106 e. The van der Waals surface area contributed by atoms with Crippen molar-refractivity contribution >= 4 is 28.5 Å². The molecule has 2 rings (SSSR count). The second-order valence-electron chi connectivity index (χ2n) is 2.87. The van der Waals surface area contributed by atoms with Crippen LogP contribution < -0.4 is 0 Å². The van der Waals surface area contributed by atoms with Gasteiger partial charge in [0.1, 0.15) is 5.03 Å². The molecule has 1 nitrogen and oxygen atoms in total. The molecule has 0 N–H and O–H groups in total. The Morgan fingerprint density at radius 2 is 1.75 bits per heavy atom. The normalized spacial score (nSPS) is 8.81. The van der Waals surface area contributed by atoms with Gasteiger partial charge < -0.3 is 0 Å². The van der Waals surface area contributed by atoms with Gasteiger partial charge in [0.15, 0.2) is 0 Å². The van der Waals surface area contributed by atoms with Crippen LogP contribution in [0.15, 0.2) is 66.3 Å². The van der Waals surface area contributed by atoms with Gasteiger partial charge >= 0.3 is 0 Å². The highest BCUT2D eigenvalue weighted by Gasteiger charge is 1.83. The summed E-state index contributed by atoms with van der Waals surface area (Å²) in [5.41, 5.74) is 1.17. The van der Waals surface area contributed by atoms with E-state index in [2.05, 4.69) is 23.2 Å². The highest BCUT2D eigenvalue weighted by Crippen LogP contribution is 2.16. The molecule has 0 fully saturated rings. The zero-order chi connectivity index (χ0) is 11.6. The molecule has 0 radical (unpaired) electrons. The molecule has 3 heteroatoms. The van der Waals surface area contributed by atoms with Gasteiger partial charge in [-0.05, 0) is 28.5 Å². The van der Waals surface area contributed by atoms with E-state index in [4.69, 9.17) is 0 Å². The first-order valence-corrected chi connectivity index (χ1v) is 6.63. The Balaban J connectivity index is 0.000000160. The molecule has 1 aromatic heterocycles. The minimum Gasteiger partial charge on any atom is -0.249 e. The predicted octanol–water partition coefficient (Wildman–Crippen LogP) is 4.35. The lowest BCUT2D eigenvalue weighted by Crippen LogP contribution is -1.69. The molecular formula is C13H13NS2. The van der Waals surface area contributed by atoms with Crippen LogP contribution in [0.2, 0.25) is 0 Å². The molecule has 16 heavy (non-hydrogen) atoms. The Labute approximate surface area is 105 Å². The van der Waals surface area contributed by atoms with Crippen LogP contribution in [-0.4, -0.2) is 4.98 Å². The van der Waals surface area contributed by atoms with Gasteiger partial charge in [-0.25, -0.2) is 4.98 Å². The molecule has 0 aliphatic rings. The van der Waals surface area contributed by atoms with Crippen molar-refractivity contribution in [2.45, 2.75) is 5.03 Å². The van der Waals surface area contributed by atoms with Crippen LogP contribution in [-0.2, 0) is 0 Å². The summed E-state index contributed by atoms with van der Waals surface area (Å²) in [6.07, 6.45) is 3.58. The topological polar surface area (TPSA) is 12.9 Å². The molecule has 0 amide bonds. The number of nitrogens with zero attached hydrogens (tertiary/aromatic N) is 1. The second-order valence-corrected chi connectivity index (χ2v) is 4.02. The Bertz CT molecular complexity index is 401. The maximum Gasteiger partial charge on any atom is 0.106 e. The average Bonchev–Trinajstić information content (AvgIpc) is 2.41. The Kier molecular flexibility index (Phi) is 6.45. The summed E-state index contributed by atoms with van der Waals surface area (Å²) < 4.78 is 0. The summed E-state index contributed by atoms with van der Waals surface area (Å²) in [5.74, 6) is 0. The van der Waals surface area contributed by atoms with Crippen molar-refractivity contribution in [2.24, 2.45) is 0 Å². The first-order chi connectivity index (χ1) is 7.86. The van der Waals surface area contributed by atoms with Gasteiger partial charge in [0.05, 0.1) is 0 Å². The predicted molar refractivity (Wildman–Crippen MR) is 75.6 cm³/mol. The van der Waals surface area contributed by atoms with Gasteiger partial charge in [0, 0.05) is 6.20 Å². The number of hydrogen-bond acceptors (Lipinski definition) is 3. The van der Waals surface area contributed by atoms with E-state index in [1.165, 1.54) is 16.4 Å². The van der Waals surface area contributed by atoms with Crippen molar-refractivity contribution in [3.8, 4) is 0 Å². The molecule has 0 bridgehead atoms. The maximum absolute atomic E-state index is 3.98. The summed E-state index contributed by atoms with van der Waals surface area (Å²) >= 11 is 3.96. The van der Waals surface area contributed by atoms with Crippen LogP contribution in [0.4, 0.5) is 0 Å². The van der Waals surface area contributed by atoms with Gasteiger partial charge in [-0.3, -0.25) is 0 Å². The molecule has 2 aromatic rings. The first-order valence-electron chi connectivity index (χ1n) is 4.76. The van der Waals surface area contributed by atoms with E-state index >= 15 is 0 Å². The highest BCUT2D eigenvalue weighted by molar-refractivity contribution is 8.68. The van der Waals surface area contributed by atoms with E-state index in [1.807, 2.05) is 54.6 Å². The number of pyridine rings is 1. The first kappa shape index (κ1) is 12.9. The summed E-state index contributed by atoms with van der Waals surface area (Å²) in [4.78, 5) is 3.98. The lowest BCUT2D eigenvalue weighted by atomic mass is 10.2. The molecule has 1 aromatic carbocycles. The Morgan fingerprint density at radius 1 is 1.06 bits per heavy atom. The SMILES string of the molecule is C=Cc1ccccc1.SSc1ccccn1. The Morgan fingerprint density at radius 3 is 2.12 bits per heavy atom. The van der Waals surface area contributed by atoms with Crippen LogP contribution >= 0.6 is 22.5 Å². The number of rotatable bonds is 2. The van der Waals surface area contributed by atoms with Crippen molar-refractivity contribution in [1.29, 1.82) is 0 Å². The van der Waals surface area contributed by atoms with Crippen LogP contribution in [0.5, 0.6) is 0 Å². The lowest BCUT2D eigenvalue weighted by molar-refractivity contribution is 1.14. The number of benzene rings is 1. The van der Waals surface area contributed by atoms with Crippen LogP contribution in [0.1, 0.15) is 5.56 Å². The molecule has 1 heterocycles. The van der Waals surface area contributed by atoms with E-state index in [1.54, 1.807) is 6.20 Å². The van der Waals surface area contributed by atoms with Crippen LogP contribution in [0.25, 0.3) is 6.08 Å². The van der Waals surface area contributed by atoms with E-state index < -0.39 is 0 Å². The number of thiol groups is 1. The molecular weight excluding hydrogens is 234 g/mol. The maximum atomic E-state index is 3.98. The van der Waals surface area contributed by atoms with Crippen LogP contribution in [0, 0.1) is 0 Å². The van der Waals surface area contributed by atoms with Crippen molar-refractivity contribution < 1.29 is 0 Å². The molecule has 0 saturated heterocycles. The molecule has 0 unspecified atom stereocenters. The van der Waals surface area contributed by atoms with E-state index in [9.17, 15) is 0 Å². The van der Waals surface area contributed by atoms with E-state index in [-0.39, 0.29) is 0 Å². The fourth-order valence-electron chi connectivity index (χ4n) is 0.990. The Hall–Kier alpha value is -1.19. The minimum absolute atomic E-state index is 0.941. The van der Waals surface area contributed by atoms with Crippen LogP contribution in [0.3, 0.4) is 0 Å². The molecule has 0 atom stereocenters. The fraction of sp³-hybridized carbons (Fsp3) is 0. The van der Waals surface area contributed by atoms with E-state index in [0.29, 0.717) is 0 Å². The summed E-state index contributed by atoms with van der Waals surface area (Å²) in [5, 5.41) is 0.941. The zero-order valence-electron chi connectivity index (χ0n) is 8.78. The van der Waals surface area contributed by atoms with E-state index in [0.717, 1.165) is 5.03 Å². The second kappa shape index (κ2) is 8.02.